The van der Waals surface area contributed by atoms with Crippen LogP contribution < -0.4 is 10.1 Å². The van der Waals surface area contributed by atoms with Crippen LogP contribution in [0.5, 0.6) is 5.75 Å². The smallest absolute Gasteiger partial charge is 0.251 e. The number of H-pyrrole nitrogens is 1. The van der Waals surface area contributed by atoms with Crippen molar-refractivity contribution in [1.82, 2.24) is 30.6 Å². The first-order valence-corrected chi connectivity index (χ1v) is 8.31. The second-order valence-corrected chi connectivity index (χ2v) is 5.94. The summed E-state index contributed by atoms with van der Waals surface area (Å²) in [6.07, 6.45) is 1.36. The lowest BCUT2D eigenvalue weighted by molar-refractivity contribution is 0.0914. The topological polar surface area (TPSA) is 119 Å². The van der Waals surface area contributed by atoms with Crippen molar-refractivity contribution in [3.05, 3.63) is 42.0 Å². The fourth-order valence-corrected chi connectivity index (χ4v) is 2.38. The Hall–Kier alpha value is -3.23. The van der Waals surface area contributed by atoms with Crippen molar-refractivity contribution in [1.29, 1.82) is 0 Å². The number of nitrogens with one attached hydrogen (secondary N) is 2. The first kappa shape index (κ1) is 17.6. The molecule has 0 bridgehead atoms. The van der Waals surface area contributed by atoms with Crippen molar-refractivity contribution in [2.24, 2.45) is 5.92 Å². The number of carbonyl (C=O) groups is 1. The highest BCUT2D eigenvalue weighted by atomic mass is 16.5. The lowest BCUT2D eigenvalue weighted by Gasteiger charge is -2.18. The fourth-order valence-electron chi connectivity index (χ4n) is 2.38. The summed E-state index contributed by atoms with van der Waals surface area (Å²) in [6, 6.07) is 6.52. The normalized spacial score (nSPS) is 12.2. The predicted octanol–water partition coefficient (Wildman–Crippen LogP) is 2.38. The van der Waals surface area contributed by atoms with Crippen molar-refractivity contribution >= 4 is 5.91 Å². The van der Waals surface area contributed by atoms with E-state index in [2.05, 4.69) is 30.6 Å². The highest BCUT2D eigenvalue weighted by Crippen LogP contribution is 2.23. The first-order valence-electron chi connectivity index (χ1n) is 8.31. The van der Waals surface area contributed by atoms with Crippen LogP contribution >= 0.6 is 0 Å². The lowest BCUT2D eigenvalue weighted by Crippen LogP contribution is -2.32. The van der Waals surface area contributed by atoms with Crippen LogP contribution in [0.25, 0.3) is 11.6 Å². The Morgan fingerprint density at radius 1 is 1.31 bits per heavy atom. The van der Waals surface area contributed by atoms with Gasteiger partial charge in [0, 0.05) is 5.56 Å². The molecule has 0 aliphatic rings. The molecule has 2 aromatic heterocycles. The Morgan fingerprint density at radius 2 is 2.08 bits per heavy atom. The number of carbonyl (C=O) groups excluding carboxylic acids is 1. The number of aromatic amines is 1. The Morgan fingerprint density at radius 3 is 2.69 bits per heavy atom. The summed E-state index contributed by atoms with van der Waals surface area (Å²) in [7, 11) is 0. The Balaban J connectivity index is 1.75. The molecule has 3 rings (SSSR count). The minimum Gasteiger partial charge on any atom is -0.494 e. The molecule has 1 amide bonds. The molecule has 1 aromatic carbocycles. The zero-order valence-electron chi connectivity index (χ0n) is 14.8. The first-order chi connectivity index (χ1) is 12.6. The zero-order valence-corrected chi connectivity index (χ0v) is 14.8. The quantitative estimate of drug-likeness (QED) is 0.667. The van der Waals surface area contributed by atoms with Crippen molar-refractivity contribution in [3.63, 3.8) is 0 Å². The van der Waals surface area contributed by atoms with Crippen LogP contribution in [0.2, 0.25) is 0 Å². The van der Waals surface area contributed by atoms with Crippen LogP contribution in [0.15, 0.2) is 35.1 Å². The van der Waals surface area contributed by atoms with Gasteiger partial charge in [-0.3, -0.25) is 9.89 Å². The van der Waals surface area contributed by atoms with E-state index in [4.69, 9.17) is 9.26 Å². The maximum absolute atomic E-state index is 12.6. The second-order valence-electron chi connectivity index (χ2n) is 5.94. The second kappa shape index (κ2) is 7.77. The van der Waals surface area contributed by atoms with E-state index in [-0.39, 0.29) is 11.8 Å². The Kier molecular flexibility index (Phi) is 5.26. The van der Waals surface area contributed by atoms with E-state index in [1.54, 1.807) is 24.3 Å². The van der Waals surface area contributed by atoms with Gasteiger partial charge >= 0.3 is 0 Å². The van der Waals surface area contributed by atoms with Gasteiger partial charge in [0.15, 0.2) is 5.82 Å². The highest BCUT2D eigenvalue weighted by molar-refractivity contribution is 5.94. The molecule has 26 heavy (non-hydrogen) atoms. The molecule has 2 heterocycles. The molecule has 0 unspecified atom stereocenters. The molecule has 136 valence electrons. The van der Waals surface area contributed by atoms with E-state index in [9.17, 15) is 4.79 Å². The molecule has 0 aliphatic heterocycles. The van der Waals surface area contributed by atoms with Crippen LogP contribution in [0.1, 0.15) is 43.1 Å². The third-order valence-electron chi connectivity index (χ3n) is 3.72. The van der Waals surface area contributed by atoms with Crippen molar-refractivity contribution in [2.45, 2.75) is 26.8 Å². The molecule has 9 nitrogen and oxygen atoms in total. The SMILES string of the molecule is CCOc1ccc(C(=O)N[C@@H](c2nc(-c3ncn[nH]3)no2)C(C)C)cc1. The van der Waals surface area contributed by atoms with E-state index in [0.717, 1.165) is 5.75 Å². The predicted molar refractivity (Wildman–Crippen MR) is 92.3 cm³/mol. The molecule has 0 fully saturated rings. The third-order valence-corrected chi connectivity index (χ3v) is 3.72. The monoisotopic (exact) mass is 356 g/mol. The van der Waals surface area contributed by atoms with Gasteiger partial charge in [-0.05, 0) is 37.1 Å². The minimum absolute atomic E-state index is 0.0460. The molecule has 9 heteroatoms. The zero-order chi connectivity index (χ0) is 18.5. The van der Waals surface area contributed by atoms with Crippen LogP contribution in [0, 0.1) is 5.92 Å². The molecular weight excluding hydrogens is 336 g/mol. The van der Waals surface area contributed by atoms with Gasteiger partial charge in [-0.1, -0.05) is 19.0 Å². The molecule has 0 radical (unpaired) electrons. The van der Waals surface area contributed by atoms with Crippen LogP contribution in [-0.2, 0) is 0 Å². The summed E-state index contributed by atoms with van der Waals surface area (Å²) in [6.45, 7) is 6.40. The van der Waals surface area contributed by atoms with Gasteiger partial charge in [0.1, 0.15) is 18.1 Å². The van der Waals surface area contributed by atoms with Crippen LogP contribution in [-0.4, -0.2) is 37.8 Å². The van der Waals surface area contributed by atoms with E-state index in [1.165, 1.54) is 6.33 Å². The van der Waals surface area contributed by atoms with E-state index in [0.29, 0.717) is 29.7 Å². The maximum atomic E-state index is 12.6. The molecule has 0 aliphatic carbocycles. The van der Waals surface area contributed by atoms with Gasteiger partial charge in [-0.2, -0.15) is 10.1 Å². The van der Waals surface area contributed by atoms with Gasteiger partial charge in [0.2, 0.25) is 11.7 Å². The summed E-state index contributed by atoms with van der Waals surface area (Å²) in [4.78, 5) is 20.9. The Bertz CT molecular complexity index is 842. The van der Waals surface area contributed by atoms with E-state index in [1.807, 2.05) is 20.8 Å². The Labute approximate surface area is 150 Å². The van der Waals surface area contributed by atoms with Crippen LogP contribution in [0.3, 0.4) is 0 Å². The standard InChI is InChI=1S/C17H20N6O3/c1-4-25-12-7-5-11(6-8-12)16(24)20-13(10(2)3)17-21-15(23-26-17)14-18-9-19-22-14/h5-10,13H,4H2,1-3H3,(H,20,24)(H,18,19,22)/t13-/m1/s1. The third kappa shape index (κ3) is 3.88. The number of nitrogens with zero attached hydrogens (tertiary/aromatic N) is 4. The summed E-state index contributed by atoms with van der Waals surface area (Å²) < 4.78 is 10.7. The molecule has 1 atom stereocenters. The number of rotatable bonds is 7. The number of benzene rings is 1. The van der Waals surface area contributed by atoms with E-state index < -0.39 is 6.04 Å². The van der Waals surface area contributed by atoms with Gasteiger partial charge in [-0.15, -0.1) is 0 Å². The molecule has 2 N–H and O–H groups in total. The van der Waals surface area contributed by atoms with E-state index >= 15 is 0 Å². The molecule has 0 saturated carbocycles. The van der Waals surface area contributed by atoms with Crippen LogP contribution in [0.4, 0.5) is 0 Å². The largest absolute Gasteiger partial charge is 0.494 e. The average Bonchev–Trinajstić information content (AvgIpc) is 3.31. The lowest BCUT2D eigenvalue weighted by atomic mass is 10.0. The molecule has 3 aromatic rings. The summed E-state index contributed by atoms with van der Waals surface area (Å²) in [5, 5.41) is 13.3. The number of amides is 1. The maximum Gasteiger partial charge on any atom is 0.251 e. The summed E-state index contributed by atoms with van der Waals surface area (Å²) >= 11 is 0. The minimum atomic E-state index is -0.432. The number of hydrogen-bond acceptors (Lipinski definition) is 7. The van der Waals surface area contributed by atoms with Crippen molar-refractivity contribution in [2.75, 3.05) is 6.61 Å². The number of ether oxygens (including phenoxy) is 1. The molecule has 0 saturated heterocycles. The molecular formula is C17H20N6O3. The van der Waals surface area contributed by atoms with Gasteiger partial charge in [0.05, 0.1) is 6.61 Å². The average molecular weight is 356 g/mol. The molecule has 0 spiro atoms. The highest BCUT2D eigenvalue weighted by Gasteiger charge is 2.26. The van der Waals surface area contributed by atoms with Gasteiger partial charge < -0.3 is 14.6 Å². The number of aromatic nitrogens is 5. The van der Waals surface area contributed by atoms with Gasteiger partial charge in [-0.25, -0.2) is 4.98 Å². The number of hydrogen-bond donors (Lipinski definition) is 2. The summed E-state index contributed by atoms with van der Waals surface area (Å²) in [5.74, 6) is 1.54. The van der Waals surface area contributed by atoms with Crippen molar-refractivity contribution < 1.29 is 14.1 Å². The summed E-state index contributed by atoms with van der Waals surface area (Å²) in [5.41, 5.74) is 0.522. The van der Waals surface area contributed by atoms with Gasteiger partial charge in [0.25, 0.3) is 5.91 Å². The fraction of sp³-hybridized carbons (Fsp3) is 0.353. The van der Waals surface area contributed by atoms with Crippen molar-refractivity contribution in [3.8, 4) is 17.4 Å².